The van der Waals surface area contributed by atoms with Crippen molar-refractivity contribution in [1.29, 1.82) is 5.41 Å². The van der Waals surface area contributed by atoms with Crippen LogP contribution in [0.2, 0.25) is 5.02 Å². The van der Waals surface area contributed by atoms with E-state index in [0.717, 1.165) is 5.56 Å². The highest BCUT2D eigenvalue weighted by atomic mass is 35.5. The van der Waals surface area contributed by atoms with Gasteiger partial charge in [0.15, 0.2) is 0 Å². The molecule has 1 N–H and O–H groups in total. The molecule has 9 heteroatoms. The Bertz CT molecular complexity index is 1380. The molecule has 172 valence electrons. The number of sulfone groups is 1. The standard InChI is InChI=1S/C25H21ClN4O3S/c26-18-9-11-19(12-10-18)34(32,33)21-16-20-24(28-22-8-4-5-14-29(22)25(20)31)30(23(21)27)15-13-17-6-2-1-3-7-17/h1-12,14,16,20,24,27H,13,15H2. The molecule has 0 radical (unpaired) electrons. The van der Waals surface area contributed by atoms with Gasteiger partial charge in [-0.15, -0.1) is 0 Å². The molecule has 5 rings (SSSR count). The number of nitrogens with zero attached hydrogens (tertiary/aromatic N) is 3. The van der Waals surface area contributed by atoms with Gasteiger partial charge in [-0.2, -0.15) is 0 Å². The lowest BCUT2D eigenvalue weighted by molar-refractivity contribution is -0.130. The maximum atomic E-state index is 13.5. The molecular formula is C25H21ClN4O3S. The van der Waals surface area contributed by atoms with E-state index >= 15 is 0 Å². The molecule has 0 spiro atoms. The van der Waals surface area contributed by atoms with Crippen molar-refractivity contribution in [2.75, 3.05) is 6.54 Å². The summed E-state index contributed by atoms with van der Waals surface area (Å²) in [7, 11) is -4.06. The summed E-state index contributed by atoms with van der Waals surface area (Å²) in [6, 6.07) is 15.5. The van der Waals surface area contributed by atoms with Gasteiger partial charge >= 0.3 is 0 Å². The number of rotatable bonds is 5. The van der Waals surface area contributed by atoms with Gasteiger partial charge in [0, 0.05) is 17.8 Å². The van der Waals surface area contributed by atoms with Crippen LogP contribution in [0.3, 0.4) is 0 Å². The Morgan fingerprint density at radius 3 is 2.50 bits per heavy atom. The van der Waals surface area contributed by atoms with Crippen molar-refractivity contribution in [3.8, 4) is 0 Å². The van der Waals surface area contributed by atoms with Crippen LogP contribution in [0.4, 0.5) is 0 Å². The number of aliphatic imine (C=N–C) groups is 1. The van der Waals surface area contributed by atoms with E-state index in [1.807, 2.05) is 30.3 Å². The van der Waals surface area contributed by atoms with Gasteiger partial charge in [-0.05, 0) is 54.5 Å². The Morgan fingerprint density at radius 2 is 1.76 bits per heavy atom. The second-order valence-corrected chi connectivity index (χ2v) is 10.5. The minimum absolute atomic E-state index is 0.0163. The van der Waals surface area contributed by atoms with Crippen LogP contribution in [-0.4, -0.2) is 48.5 Å². The minimum atomic E-state index is -4.06. The smallest absolute Gasteiger partial charge is 0.243 e. The van der Waals surface area contributed by atoms with E-state index in [1.54, 1.807) is 29.3 Å². The van der Waals surface area contributed by atoms with Gasteiger partial charge in [0.2, 0.25) is 15.7 Å². The molecule has 1 amide bonds. The van der Waals surface area contributed by atoms with Crippen LogP contribution in [0.5, 0.6) is 0 Å². The molecule has 3 heterocycles. The van der Waals surface area contributed by atoms with E-state index in [1.165, 1.54) is 35.2 Å². The molecule has 2 atom stereocenters. The van der Waals surface area contributed by atoms with Gasteiger partial charge in [0.05, 0.1) is 10.8 Å². The number of amidine groups is 2. The molecule has 3 aliphatic heterocycles. The Labute approximate surface area is 202 Å². The van der Waals surface area contributed by atoms with E-state index < -0.39 is 21.9 Å². The third-order valence-corrected chi connectivity index (χ3v) is 8.07. The lowest BCUT2D eigenvalue weighted by Gasteiger charge is -2.43. The molecule has 0 aromatic heterocycles. The average molecular weight is 493 g/mol. The quantitative estimate of drug-likeness (QED) is 0.687. The lowest BCUT2D eigenvalue weighted by Crippen LogP contribution is -2.57. The monoisotopic (exact) mass is 492 g/mol. The highest BCUT2D eigenvalue weighted by Crippen LogP contribution is 2.35. The number of hydrogen-bond donors (Lipinski definition) is 1. The Balaban J connectivity index is 1.58. The molecule has 34 heavy (non-hydrogen) atoms. The number of benzene rings is 2. The predicted molar refractivity (Wildman–Crippen MR) is 131 cm³/mol. The molecule has 2 aromatic carbocycles. The number of carbonyl (C=O) groups is 1. The zero-order chi connectivity index (χ0) is 23.9. The zero-order valence-corrected chi connectivity index (χ0v) is 19.6. The van der Waals surface area contributed by atoms with E-state index in [4.69, 9.17) is 22.0 Å². The summed E-state index contributed by atoms with van der Waals surface area (Å²) in [4.78, 5) is 21.0. The van der Waals surface area contributed by atoms with E-state index in [9.17, 15) is 13.2 Å². The van der Waals surface area contributed by atoms with Crippen LogP contribution >= 0.6 is 11.6 Å². The van der Waals surface area contributed by atoms with Gasteiger partial charge in [-0.3, -0.25) is 15.1 Å². The number of hydrogen-bond acceptors (Lipinski definition) is 5. The topological polar surface area (TPSA) is 93.9 Å². The third-order valence-electron chi connectivity index (χ3n) is 6.02. The molecular weight excluding hydrogens is 472 g/mol. The number of carbonyl (C=O) groups excluding carboxylic acids is 1. The van der Waals surface area contributed by atoms with Crippen molar-refractivity contribution in [3.63, 3.8) is 0 Å². The highest BCUT2D eigenvalue weighted by molar-refractivity contribution is 7.96. The van der Waals surface area contributed by atoms with Crippen molar-refractivity contribution < 1.29 is 13.2 Å². The van der Waals surface area contributed by atoms with E-state index in [0.29, 0.717) is 23.8 Å². The summed E-state index contributed by atoms with van der Waals surface area (Å²) in [5.41, 5.74) is 1.04. The fraction of sp³-hybridized carbons (Fsp3) is 0.160. The summed E-state index contributed by atoms with van der Waals surface area (Å²) >= 11 is 5.94. The fourth-order valence-electron chi connectivity index (χ4n) is 4.26. The first-order chi connectivity index (χ1) is 16.4. The number of halogens is 1. The highest BCUT2D eigenvalue weighted by Gasteiger charge is 2.46. The number of allylic oxidation sites excluding steroid dienone is 2. The van der Waals surface area contributed by atoms with Crippen LogP contribution in [0.25, 0.3) is 0 Å². The average Bonchev–Trinajstić information content (AvgIpc) is 2.84. The van der Waals surface area contributed by atoms with Crippen molar-refractivity contribution >= 4 is 39.0 Å². The summed E-state index contributed by atoms with van der Waals surface area (Å²) in [6.45, 7) is 0.334. The first kappa shape index (κ1) is 22.3. The molecule has 2 unspecified atom stereocenters. The van der Waals surface area contributed by atoms with Gasteiger partial charge in [0.1, 0.15) is 22.7 Å². The molecule has 0 saturated carbocycles. The molecule has 0 fully saturated rings. The first-order valence-corrected chi connectivity index (χ1v) is 12.6. The van der Waals surface area contributed by atoms with Crippen molar-refractivity contribution in [1.82, 2.24) is 9.80 Å². The second kappa shape index (κ2) is 8.70. The molecule has 2 aromatic rings. The summed E-state index contributed by atoms with van der Waals surface area (Å²) < 4.78 is 27.1. The summed E-state index contributed by atoms with van der Waals surface area (Å²) in [5.74, 6) is -0.824. The van der Waals surface area contributed by atoms with Crippen LogP contribution < -0.4 is 0 Å². The SMILES string of the molecule is N=C1C(S(=O)(=O)c2ccc(Cl)cc2)=CC2C(=O)N3C=CC=CC3=NC2N1CCc1ccccc1. The molecule has 0 aliphatic carbocycles. The number of nitrogens with one attached hydrogen (secondary N) is 1. The molecule has 7 nitrogen and oxygen atoms in total. The van der Waals surface area contributed by atoms with Crippen molar-refractivity contribution in [2.45, 2.75) is 17.5 Å². The fourth-order valence-corrected chi connectivity index (χ4v) is 5.83. The van der Waals surface area contributed by atoms with Gasteiger partial charge in [-0.1, -0.05) is 48.0 Å². The largest absolute Gasteiger partial charge is 0.333 e. The normalized spacial score (nSPS) is 21.7. The first-order valence-electron chi connectivity index (χ1n) is 10.7. The zero-order valence-electron chi connectivity index (χ0n) is 18.0. The number of fused-ring (bicyclic) bond motifs is 2. The second-order valence-electron chi connectivity index (χ2n) is 8.10. The summed E-state index contributed by atoms with van der Waals surface area (Å²) in [5, 5.41) is 9.27. The van der Waals surface area contributed by atoms with Crippen LogP contribution in [0.15, 0.2) is 99.9 Å². The lowest BCUT2D eigenvalue weighted by atomic mass is 9.95. The van der Waals surface area contributed by atoms with Crippen LogP contribution in [0, 0.1) is 11.3 Å². The maximum absolute atomic E-state index is 13.5. The van der Waals surface area contributed by atoms with E-state index in [2.05, 4.69) is 0 Å². The van der Waals surface area contributed by atoms with E-state index in [-0.39, 0.29) is 21.5 Å². The van der Waals surface area contributed by atoms with Gasteiger partial charge < -0.3 is 4.90 Å². The van der Waals surface area contributed by atoms with Gasteiger partial charge in [-0.25, -0.2) is 13.4 Å². The van der Waals surface area contributed by atoms with Crippen LogP contribution in [0.1, 0.15) is 5.56 Å². The van der Waals surface area contributed by atoms with Crippen molar-refractivity contribution in [3.05, 3.63) is 101 Å². The Kier molecular flexibility index (Phi) is 5.71. The molecule has 3 aliphatic rings. The molecule has 0 bridgehead atoms. The maximum Gasteiger partial charge on any atom is 0.243 e. The summed E-state index contributed by atoms with van der Waals surface area (Å²) in [6.07, 6.45) is 8.12. The molecule has 0 saturated heterocycles. The third kappa shape index (κ3) is 3.89. The number of amides is 1. The Hall–Kier alpha value is -3.49. The Morgan fingerprint density at radius 1 is 1.03 bits per heavy atom. The van der Waals surface area contributed by atoms with Crippen LogP contribution in [-0.2, 0) is 21.1 Å². The predicted octanol–water partition coefficient (Wildman–Crippen LogP) is 3.80. The minimum Gasteiger partial charge on any atom is -0.333 e. The van der Waals surface area contributed by atoms with Crippen molar-refractivity contribution in [2.24, 2.45) is 10.9 Å². The van der Waals surface area contributed by atoms with Gasteiger partial charge in [0.25, 0.3) is 0 Å².